The van der Waals surface area contributed by atoms with Crippen LogP contribution in [0.3, 0.4) is 0 Å². The van der Waals surface area contributed by atoms with Gasteiger partial charge < -0.3 is 14.2 Å². The predicted molar refractivity (Wildman–Crippen MR) is 114 cm³/mol. The third-order valence-electron chi connectivity index (χ3n) is 6.62. The number of nitrogens with zero attached hydrogens (tertiary/aromatic N) is 1. The smallest absolute Gasteiger partial charge is 0.308 e. The van der Waals surface area contributed by atoms with Crippen molar-refractivity contribution in [1.82, 2.24) is 4.90 Å². The standard InChI is InChI=1S/C24H37NO4/c1-7-16(4)24(26)29-21-13-20-19-12-23(28-6)22(27-5)11-17(19)8-9-25(20)14-18(21)10-15(2)3/h11-12,15-16,18,20-21H,7-10,13-14H2,1-6H3/t16?,18-,20-,21-/m1/s1. The molecule has 162 valence electrons. The van der Waals surface area contributed by atoms with Crippen molar-refractivity contribution in [2.75, 3.05) is 27.3 Å². The van der Waals surface area contributed by atoms with Gasteiger partial charge in [0.1, 0.15) is 6.10 Å². The van der Waals surface area contributed by atoms with E-state index in [1.165, 1.54) is 11.1 Å². The molecule has 5 nitrogen and oxygen atoms in total. The summed E-state index contributed by atoms with van der Waals surface area (Å²) in [5.41, 5.74) is 2.61. The Morgan fingerprint density at radius 3 is 2.48 bits per heavy atom. The summed E-state index contributed by atoms with van der Waals surface area (Å²) >= 11 is 0. The molecule has 0 saturated carbocycles. The van der Waals surface area contributed by atoms with Crippen LogP contribution < -0.4 is 9.47 Å². The highest BCUT2D eigenvalue weighted by atomic mass is 16.5. The molecule has 1 fully saturated rings. The summed E-state index contributed by atoms with van der Waals surface area (Å²) in [7, 11) is 3.36. The van der Waals surface area contributed by atoms with Gasteiger partial charge in [0.05, 0.1) is 20.1 Å². The summed E-state index contributed by atoms with van der Waals surface area (Å²) in [6.45, 7) is 10.5. The van der Waals surface area contributed by atoms with Crippen LogP contribution in [0.5, 0.6) is 11.5 Å². The van der Waals surface area contributed by atoms with Crippen molar-refractivity contribution in [1.29, 1.82) is 0 Å². The lowest BCUT2D eigenvalue weighted by Crippen LogP contribution is -2.49. The van der Waals surface area contributed by atoms with Gasteiger partial charge in [0.25, 0.3) is 0 Å². The summed E-state index contributed by atoms with van der Waals surface area (Å²) in [6.07, 6.45) is 3.73. The molecule has 1 saturated heterocycles. The van der Waals surface area contributed by atoms with Gasteiger partial charge in [-0.3, -0.25) is 9.69 Å². The molecule has 3 rings (SSSR count). The maximum atomic E-state index is 12.6. The van der Waals surface area contributed by atoms with E-state index >= 15 is 0 Å². The lowest BCUT2D eigenvalue weighted by Gasteiger charge is -2.47. The van der Waals surface area contributed by atoms with E-state index in [0.29, 0.717) is 11.8 Å². The number of carbonyl (C=O) groups is 1. The van der Waals surface area contributed by atoms with Gasteiger partial charge in [-0.25, -0.2) is 0 Å². The Kier molecular flexibility index (Phi) is 7.10. The second-order valence-electron chi connectivity index (χ2n) is 9.08. The minimum atomic E-state index is -0.0527. The molecule has 0 amide bonds. The van der Waals surface area contributed by atoms with E-state index in [4.69, 9.17) is 14.2 Å². The first-order valence-electron chi connectivity index (χ1n) is 11.1. The average molecular weight is 404 g/mol. The molecule has 29 heavy (non-hydrogen) atoms. The molecule has 0 aliphatic carbocycles. The molecule has 0 radical (unpaired) electrons. The van der Waals surface area contributed by atoms with Gasteiger partial charge in [-0.15, -0.1) is 0 Å². The highest BCUT2D eigenvalue weighted by molar-refractivity contribution is 5.72. The van der Waals surface area contributed by atoms with E-state index < -0.39 is 0 Å². The number of benzene rings is 1. The van der Waals surface area contributed by atoms with Crippen LogP contribution in [0.2, 0.25) is 0 Å². The number of rotatable bonds is 7. The number of fused-ring (bicyclic) bond motifs is 3. The van der Waals surface area contributed by atoms with Crippen LogP contribution in [0.15, 0.2) is 12.1 Å². The van der Waals surface area contributed by atoms with E-state index in [-0.39, 0.29) is 24.0 Å². The number of carbonyl (C=O) groups excluding carboxylic acids is 1. The number of esters is 1. The maximum Gasteiger partial charge on any atom is 0.308 e. The molecular weight excluding hydrogens is 366 g/mol. The Bertz CT molecular complexity index is 717. The van der Waals surface area contributed by atoms with E-state index in [1.54, 1.807) is 14.2 Å². The summed E-state index contributed by atoms with van der Waals surface area (Å²) in [6, 6.07) is 4.50. The highest BCUT2D eigenvalue weighted by Gasteiger charge is 2.41. The summed E-state index contributed by atoms with van der Waals surface area (Å²) in [4.78, 5) is 15.2. The molecule has 2 aliphatic heterocycles. The van der Waals surface area contributed by atoms with Crippen molar-refractivity contribution in [2.45, 2.75) is 65.5 Å². The largest absolute Gasteiger partial charge is 0.493 e. The molecule has 0 aromatic heterocycles. The van der Waals surface area contributed by atoms with Crippen LogP contribution in [-0.2, 0) is 16.0 Å². The van der Waals surface area contributed by atoms with Gasteiger partial charge in [-0.05, 0) is 48.4 Å². The number of hydrogen-bond acceptors (Lipinski definition) is 5. The summed E-state index contributed by atoms with van der Waals surface area (Å²) < 4.78 is 17.2. The van der Waals surface area contributed by atoms with E-state index in [9.17, 15) is 4.79 Å². The second kappa shape index (κ2) is 9.38. The Balaban J connectivity index is 1.88. The van der Waals surface area contributed by atoms with Crippen LogP contribution >= 0.6 is 0 Å². The Morgan fingerprint density at radius 2 is 1.86 bits per heavy atom. The Morgan fingerprint density at radius 1 is 1.17 bits per heavy atom. The fraction of sp³-hybridized carbons (Fsp3) is 0.708. The first-order valence-corrected chi connectivity index (χ1v) is 11.1. The highest BCUT2D eigenvalue weighted by Crippen LogP contribution is 2.44. The van der Waals surface area contributed by atoms with Crippen LogP contribution in [0, 0.1) is 17.8 Å². The molecule has 1 aromatic rings. The lowest BCUT2D eigenvalue weighted by molar-refractivity contribution is -0.162. The van der Waals surface area contributed by atoms with Gasteiger partial charge >= 0.3 is 5.97 Å². The fourth-order valence-electron chi connectivity index (χ4n) is 4.81. The van der Waals surface area contributed by atoms with Gasteiger partial charge in [0, 0.05) is 31.5 Å². The molecule has 1 aromatic carbocycles. The minimum absolute atomic E-state index is 0.0285. The molecule has 1 unspecified atom stereocenters. The first-order chi connectivity index (χ1) is 13.9. The van der Waals surface area contributed by atoms with Crippen molar-refractivity contribution in [2.24, 2.45) is 17.8 Å². The summed E-state index contributed by atoms with van der Waals surface area (Å²) in [5.74, 6) is 2.43. The molecular formula is C24H37NO4. The van der Waals surface area contributed by atoms with Gasteiger partial charge in [-0.2, -0.15) is 0 Å². The van der Waals surface area contributed by atoms with Crippen molar-refractivity contribution < 1.29 is 19.0 Å². The predicted octanol–water partition coefficient (Wildman–Crippen LogP) is 4.63. The average Bonchev–Trinajstić information content (AvgIpc) is 2.71. The quantitative estimate of drug-likeness (QED) is 0.622. The van der Waals surface area contributed by atoms with Crippen molar-refractivity contribution >= 4 is 5.97 Å². The van der Waals surface area contributed by atoms with Crippen LogP contribution in [0.25, 0.3) is 0 Å². The molecule has 5 heteroatoms. The van der Waals surface area contributed by atoms with Crippen molar-refractivity contribution in [3.05, 3.63) is 23.3 Å². The Labute approximate surface area is 175 Å². The molecule has 0 spiro atoms. The molecule has 2 aliphatic rings. The zero-order valence-electron chi connectivity index (χ0n) is 18.9. The number of methoxy groups -OCH3 is 2. The molecule has 2 heterocycles. The molecule has 0 N–H and O–H groups in total. The lowest BCUT2D eigenvalue weighted by atomic mass is 9.79. The maximum absolute atomic E-state index is 12.6. The molecule has 0 bridgehead atoms. The van der Waals surface area contributed by atoms with E-state index in [0.717, 1.165) is 50.3 Å². The third kappa shape index (κ3) is 4.71. The van der Waals surface area contributed by atoms with Gasteiger partial charge in [-0.1, -0.05) is 27.7 Å². The SMILES string of the molecule is CCC(C)C(=O)O[C@@H]1C[C@@H]2c3cc(OC)c(OC)cc3CCN2C[C@H]1CC(C)C. The van der Waals surface area contributed by atoms with Crippen LogP contribution in [0.1, 0.15) is 64.1 Å². The van der Waals surface area contributed by atoms with Crippen LogP contribution in [-0.4, -0.2) is 44.3 Å². The molecule has 4 atom stereocenters. The van der Waals surface area contributed by atoms with E-state index in [1.807, 2.05) is 13.8 Å². The first kappa shape index (κ1) is 21.9. The number of hydrogen-bond donors (Lipinski definition) is 0. The fourth-order valence-corrected chi connectivity index (χ4v) is 4.81. The zero-order valence-corrected chi connectivity index (χ0v) is 18.9. The number of piperidine rings is 1. The number of ether oxygens (including phenoxy) is 3. The van der Waals surface area contributed by atoms with Crippen molar-refractivity contribution in [3.63, 3.8) is 0 Å². The summed E-state index contributed by atoms with van der Waals surface area (Å²) in [5, 5.41) is 0. The third-order valence-corrected chi connectivity index (χ3v) is 6.62. The normalized spacial score (nSPS) is 25.1. The van der Waals surface area contributed by atoms with Crippen molar-refractivity contribution in [3.8, 4) is 11.5 Å². The van der Waals surface area contributed by atoms with Crippen LogP contribution in [0.4, 0.5) is 0 Å². The minimum Gasteiger partial charge on any atom is -0.493 e. The zero-order chi connectivity index (χ0) is 21.1. The van der Waals surface area contributed by atoms with Gasteiger partial charge in [0.15, 0.2) is 11.5 Å². The Hall–Kier alpha value is -1.75. The van der Waals surface area contributed by atoms with Gasteiger partial charge in [0.2, 0.25) is 0 Å². The monoisotopic (exact) mass is 403 g/mol. The second-order valence-corrected chi connectivity index (χ2v) is 9.08. The topological polar surface area (TPSA) is 48.0 Å². The van der Waals surface area contributed by atoms with E-state index in [2.05, 4.69) is 30.9 Å².